The number of amides is 2. The van der Waals surface area contributed by atoms with Crippen LogP contribution < -0.4 is 10.1 Å². The number of rotatable bonds is 6. The van der Waals surface area contributed by atoms with Gasteiger partial charge in [0.2, 0.25) is 11.8 Å². The summed E-state index contributed by atoms with van der Waals surface area (Å²) < 4.78 is 18.6. The van der Waals surface area contributed by atoms with Gasteiger partial charge >= 0.3 is 0 Å². The highest BCUT2D eigenvalue weighted by molar-refractivity contribution is 8.15. The zero-order valence-electron chi connectivity index (χ0n) is 19.7. The summed E-state index contributed by atoms with van der Waals surface area (Å²) in [6, 6.07) is 18.9. The van der Waals surface area contributed by atoms with Crippen LogP contribution in [0.4, 0.5) is 15.8 Å². The Kier molecular flexibility index (Phi) is 7.51. The fraction of sp³-hybridized carbons (Fsp3) is 0.222. The second-order valence-electron chi connectivity index (χ2n) is 8.32. The minimum Gasteiger partial charge on any atom is -0.497 e. The quantitative estimate of drug-likeness (QED) is 0.486. The van der Waals surface area contributed by atoms with Gasteiger partial charge in [-0.05, 0) is 67.4 Å². The number of aliphatic imine (C=N–C) groups is 1. The predicted octanol–water partition coefficient (Wildman–Crippen LogP) is 5.61. The molecule has 8 heteroatoms. The summed E-state index contributed by atoms with van der Waals surface area (Å²) in [5.74, 6) is -0.126. The molecular weight excluding hydrogens is 465 g/mol. The number of halogens is 1. The molecule has 0 aromatic heterocycles. The molecule has 0 aliphatic carbocycles. The molecule has 1 atom stereocenters. The van der Waals surface area contributed by atoms with E-state index in [1.165, 1.54) is 23.9 Å². The summed E-state index contributed by atoms with van der Waals surface area (Å²) >= 11 is 1.24. The first-order chi connectivity index (χ1) is 16.8. The molecule has 1 aliphatic heterocycles. The van der Waals surface area contributed by atoms with Crippen LogP contribution in [0.1, 0.15) is 23.1 Å². The van der Waals surface area contributed by atoms with Crippen LogP contribution in [0.25, 0.3) is 0 Å². The first-order valence-electron chi connectivity index (χ1n) is 11.1. The zero-order chi connectivity index (χ0) is 24.9. The second-order valence-corrected chi connectivity index (χ2v) is 9.49. The van der Waals surface area contributed by atoms with Crippen LogP contribution in [-0.2, 0) is 16.1 Å². The molecule has 1 N–H and O–H groups in total. The van der Waals surface area contributed by atoms with E-state index in [4.69, 9.17) is 4.74 Å². The van der Waals surface area contributed by atoms with E-state index in [2.05, 4.69) is 10.3 Å². The number of anilines is 1. The molecular formula is C27H26FN3O3S. The summed E-state index contributed by atoms with van der Waals surface area (Å²) in [5, 5.41) is 2.73. The minimum atomic E-state index is -0.635. The fourth-order valence-electron chi connectivity index (χ4n) is 3.70. The van der Waals surface area contributed by atoms with E-state index in [9.17, 15) is 14.0 Å². The third-order valence-electron chi connectivity index (χ3n) is 5.62. The van der Waals surface area contributed by atoms with Crippen molar-refractivity contribution >= 4 is 40.1 Å². The molecule has 1 saturated heterocycles. The van der Waals surface area contributed by atoms with E-state index in [0.29, 0.717) is 16.6 Å². The van der Waals surface area contributed by atoms with Crippen LogP contribution in [0.2, 0.25) is 0 Å². The molecule has 180 valence electrons. The van der Waals surface area contributed by atoms with Crippen molar-refractivity contribution in [3.63, 3.8) is 0 Å². The number of hydrogen-bond acceptors (Lipinski definition) is 5. The highest BCUT2D eigenvalue weighted by atomic mass is 32.2. The summed E-state index contributed by atoms with van der Waals surface area (Å²) in [4.78, 5) is 32.5. The van der Waals surface area contributed by atoms with E-state index in [-0.39, 0.29) is 30.6 Å². The van der Waals surface area contributed by atoms with Crippen LogP contribution >= 0.6 is 11.8 Å². The van der Waals surface area contributed by atoms with Crippen molar-refractivity contribution in [1.29, 1.82) is 0 Å². The van der Waals surface area contributed by atoms with Crippen LogP contribution in [0.5, 0.6) is 5.75 Å². The number of benzene rings is 3. The number of carbonyl (C=O) groups excluding carboxylic acids is 2. The fourth-order valence-corrected chi connectivity index (χ4v) is 4.80. The van der Waals surface area contributed by atoms with E-state index >= 15 is 0 Å². The smallest absolute Gasteiger partial charge is 0.238 e. The highest BCUT2D eigenvalue weighted by Gasteiger charge is 2.36. The lowest BCUT2D eigenvalue weighted by molar-refractivity contribution is -0.129. The summed E-state index contributed by atoms with van der Waals surface area (Å²) in [5.41, 5.74) is 4.17. The molecule has 0 unspecified atom stereocenters. The summed E-state index contributed by atoms with van der Waals surface area (Å²) in [6.45, 7) is 4.15. The zero-order valence-corrected chi connectivity index (χ0v) is 20.6. The predicted molar refractivity (Wildman–Crippen MR) is 138 cm³/mol. The Morgan fingerprint density at radius 2 is 1.83 bits per heavy atom. The van der Waals surface area contributed by atoms with Gasteiger partial charge in [0.25, 0.3) is 0 Å². The number of carbonyl (C=O) groups is 2. The van der Waals surface area contributed by atoms with Gasteiger partial charge in [0.05, 0.1) is 19.3 Å². The lowest BCUT2D eigenvalue weighted by Crippen LogP contribution is -2.44. The number of nitrogens with one attached hydrogen (secondary N) is 1. The molecule has 0 radical (unpaired) electrons. The highest BCUT2D eigenvalue weighted by Crippen LogP contribution is 2.32. The molecule has 35 heavy (non-hydrogen) atoms. The molecule has 4 rings (SSSR count). The minimum absolute atomic E-state index is 0.0320. The lowest BCUT2D eigenvalue weighted by atomic mass is 10.1. The average Bonchev–Trinajstić information content (AvgIpc) is 2.84. The number of hydrogen-bond donors (Lipinski definition) is 1. The summed E-state index contributed by atoms with van der Waals surface area (Å²) in [7, 11) is 1.58. The molecule has 0 spiro atoms. The lowest BCUT2D eigenvalue weighted by Gasteiger charge is -2.32. The van der Waals surface area contributed by atoms with Gasteiger partial charge in [-0.2, -0.15) is 0 Å². The number of ether oxygens (including phenoxy) is 1. The van der Waals surface area contributed by atoms with Gasteiger partial charge in [-0.25, -0.2) is 9.38 Å². The van der Waals surface area contributed by atoms with E-state index in [1.807, 2.05) is 32.0 Å². The molecule has 2 amide bonds. The third-order valence-corrected chi connectivity index (χ3v) is 6.81. The number of aryl methyl sites for hydroxylation is 2. The van der Waals surface area contributed by atoms with Crippen LogP contribution in [0.3, 0.4) is 0 Å². The normalized spacial score (nSPS) is 16.9. The number of amidine groups is 1. The van der Waals surface area contributed by atoms with Crippen LogP contribution in [0, 0.1) is 19.7 Å². The number of methoxy groups -OCH3 is 1. The van der Waals surface area contributed by atoms with Crippen molar-refractivity contribution < 1.29 is 18.7 Å². The molecule has 1 heterocycles. The molecule has 1 aliphatic rings. The Labute approximate surface area is 208 Å². The van der Waals surface area contributed by atoms with Crippen molar-refractivity contribution in [2.75, 3.05) is 12.4 Å². The Hall–Kier alpha value is -3.65. The first-order valence-corrected chi connectivity index (χ1v) is 12.0. The number of thioether (sulfide) groups is 1. The molecule has 3 aromatic carbocycles. The molecule has 1 fully saturated rings. The van der Waals surface area contributed by atoms with Gasteiger partial charge in [0, 0.05) is 12.1 Å². The second kappa shape index (κ2) is 10.7. The first kappa shape index (κ1) is 24.5. The standard InChI is InChI=1S/C27H26FN3O3S/c1-17-4-13-23(18(2)14-17)30-26(33)24-15-25(32)31(16-19-5-7-20(28)8-6-19)27(35-24)29-21-9-11-22(34-3)12-10-21/h4-14,24H,15-16H2,1-3H3,(H,30,33)/t24-/m1/s1. The van der Waals surface area contributed by atoms with Gasteiger partial charge in [-0.3, -0.25) is 14.5 Å². The third kappa shape index (κ3) is 6.08. The van der Waals surface area contributed by atoms with Gasteiger partial charge in [-0.1, -0.05) is 41.6 Å². The molecule has 6 nitrogen and oxygen atoms in total. The van der Waals surface area contributed by atoms with E-state index < -0.39 is 5.25 Å². The van der Waals surface area contributed by atoms with Crippen molar-refractivity contribution in [2.24, 2.45) is 4.99 Å². The van der Waals surface area contributed by atoms with Crippen molar-refractivity contribution in [3.8, 4) is 5.75 Å². The van der Waals surface area contributed by atoms with Crippen molar-refractivity contribution in [1.82, 2.24) is 4.90 Å². The summed E-state index contributed by atoms with van der Waals surface area (Å²) in [6.07, 6.45) is 0.0320. The topological polar surface area (TPSA) is 71.0 Å². The Morgan fingerprint density at radius 1 is 1.11 bits per heavy atom. The Balaban J connectivity index is 1.60. The Morgan fingerprint density at radius 3 is 2.49 bits per heavy atom. The van der Waals surface area contributed by atoms with Gasteiger partial charge in [0.15, 0.2) is 5.17 Å². The van der Waals surface area contributed by atoms with Crippen LogP contribution in [0.15, 0.2) is 71.7 Å². The van der Waals surface area contributed by atoms with E-state index in [1.54, 1.807) is 48.4 Å². The van der Waals surface area contributed by atoms with Crippen molar-refractivity contribution in [2.45, 2.75) is 32.1 Å². The van der Waals surface area contributed by atoms with E-state index in [0.717, 1.165) is 22.4 Å². The maximum atomic E-state index is 13.4. The largest absolute Gasteiger partial charge is 0.497 e. The van der Waals surface area contributed by atoms with Crippen molar-refractivity contribution in [3.05, 3.63) is 89.2 Å². The maximum absolute atomic E-state index is 13.4. The number of nitrogens with zero attached hydrogens (tertiary/aromatic N) is 2. The van der Waals surface area contributed by atoms with Gasteiger partial charge in [0.1, 0.15) is 16.8 Å². The average molecular weight is 492 g/mol. The SMILES string of the molecule is COc1ccc(N=C2S[C@@H](C(=O)Nc3ccc(C)cc3C)CC(=O)N2Cc2ccc(F)cc2)cc1. The van der Waals surface area contributed by atoms with Gasteiger partial charge in [-0.15, -0.1) is 0 Å². The van der Waals surface area contributed by atoms with Gasteiger partial charge < -0.3 is 10.1 Å². The molecule has 0 bridgehead atoms. The monoisotopic (exact) mass is 491 g/mol. The van der Waals surface area contributed by atoms with Crippen LogP contribution in [-0.4, -0.2) is 34.2 Å². The maximum Gasteiger partial charge on any atom is 0.238 e. The molecule has 3 aromatic rings. The Bertz CT molecular complexity index is 1260. The molecule has 0 saturated carbocycles.